The van der Waals surface area contributed by atoms with Gasteiger partial charge in [0.05, 0.1) is 23.3 Å². The summed E-state index contributed by atoms with van der Waals surface area (Å²) in [5.74, 6) is 0.493. The quantitative estimate of drug-likeness (QED) is 0.529. The summed E-state index contributed by atoms with van der Waals surface area (Å²) in [5.41, 5.74) is 2.86. The van der Waals surface area contributed by atoms with Crippen molar-refractivity contribution in [2.75, 3.05) is 20.1 Å². The number of hydrogen-bond acceptors (Lipinski definition) is 5. The largest absolute Gasteiger partial charge is 0.341 e. The monoisotopic (exact) mass is 426 g/mol. The van der Waals surface area contributed by atoms with Crippen LogP contribution in [0.3, 0.4) is 0 Å². The van der Waals surface area contributed by atoms with Crippen LogP contribution in [0, 0.1) is 5.82 Å². The van der Waals surface area contributed by atoms with Crippen LogP contribution in [-0.2, 0) is 13.1 Å². The number of carbonyl (C=O) groups is 1. The SMILES string of the molecule is CN(Cc1nc2ccc(F)cc2[nH]1)Cc1c(C(=O)N2CCCCC2)nc2sccn12. The zero-order valence-corrected chi connectivity index (χ0v) is 17.6. The molecule has 156 valence electrons. The van der Waals surface area contributed by atoms with Gasteiger partial charge in [-0.1, -0.05) is 0 Å². The summed E-state index contributed by atoms with van der Waals surface area (Å²) in [6, 6.07) is 4.54. The Labute approximate surface area is 177 Å². The number of rotatable bonds is 5. The molecular formula is C21H23FN6OS. The van der Waals surface area contributed by atoms with Crippen molar-refractivity contribution in [3.05, 3.63) is 52.8 Å². The third kappa shape index (κ3) is 3.59. The Bertz CT molecular complexity index is 1200. The first kappa shape index (κ1) is 19.2. The molecule has 0 bridgehead atoms. The highest BCUT2D eigenvalue weighted by molar-refractivity contribution is 7.15. The number of piperidine rings is 1. The minimum atomic E-state index is -0.286. The van der Waals surface area contributed by atoms with Crippen molar-refractivity contribution in [2.45, 2.75) is 32.4 Å². The number of nitrogens with zero attached hydrogens (tertiary/aromatic N) is 5. The predicted octanol–water partition coefficient (Wildman–Crippen LogP) is 3.67. The number of benzene rings is 1. The lowest BCUT2D eigenvalue weighted by Crippen LogP contribution is -2.36. The summed E-state index contributed by atoms with van der Waals surface area (Å²) in [7, 11) is 1.98. The Kier molecular flexibility index (Phi) is 5.00. The average Bonchev–Trinajstić information content (AvgIpc) is 3.43. The molecule has 0 radical (unpaired) electrons. The summed E-state index contributed by atoms with van der Waals surface area (Å²) in [5, 5.41) is 1.98. The van der Waals surface area contributed by atoms with Gasteiger partial charge in [-0.05, 0) is 44.5 Å². The molecule has 0 aliphatic carbocycles. The Morgan fingerprint density at radius 1 is 1.23 bits per heavy atom. The molecule has 5 rings (SSSR count). The number of hydrogen-bond donors (Lipinski definition) is 1. The molecule has 30 heavy (non-hydrogen) atoms. The van der Waals surface area contributed by atoms with Crippen molar-refractivity contribution in [1.29, 1.82) is 0 Å². The van der Waals surface area contributed by atoms with Gasteiger partial charge in [0, 0.05) is 31.2 Å². The van der Waals surface area contributed by atoms with E-state index in [0.29, 0.717) is 24.3 Å². The second-order valence-corrected chi connectivity index (χ2v) is 8.71. The lowest BCUT2D eigenvalue weighted by atomic mass is 10.1. The van der Waals surface area contributed by atoms with E-state index in [9.17, 15) is 9.18 Å². The van der Waals surface area contributed by atoms with Crippen LogP contribution in [0.2, 0.25) is 0 Å². The number of carbonyl (C=O) groups excluding carboxylic acids is 1. The molecule has 1 aliphatic heterocycles. The van der Waals surface area contributed by atoms with Crippen molar-refractivity contribution in [3.8, 4) is 0 Å². The Balaban J connectivity index is 1.39. The van der Waals surface area contributed by atoms with Gasteiger partial charge in [-0.3, -0.25) is 14.1 Å². The van der Waals surface area contributed by atoms with Crippen molar-refractivity contribution >= 4 is 33.2 Å². The van der Waals surface area contributed by atoms with Crippen molar-refractivity contribution in [3.63, 3.8) is 0 Å². The van der Waals surface area contributed by atoms with Crippen molar-refractivity contribution in [1.82, 2.24) is 29.2 Å². The first-order valence-electron chi connectivity index (χ1n) is 10.1. The highest BCUT2D eigenvalue weighted by Crippen LogP contribution is 2.22. The maximum atomic E-state index is 13.4. The van der Waals surface area contributed by atoms with E-state index in [-0.39, 0.29) is 11.7 Å². The Hall–Kier alpha value is -2.78. The zero-order valence-electron chi connectivity index (χ0n) is 16.8. The number of amides is 1. The van der Waals surface area contributed by atoms with Crippen LogP contribution in [0.5, 0.6) is 0 Å². The van der Waals surface area contributed by atoms with Gasteiger partial charge in [-0.15, -0.1) is 11.3 Å². The van der Waals surface area contributed by atoms with E-state index in [1.807, 2.05) is 27.9 Å². The number of aromatic amines is 1. The summed E-state index contributed by atoms with van der Waals surface area (Å²) in [4.78, 5) is 30.4. The number of thiazole rings is 1. The number of halogens is 1. The molecule has 1 amide bonds. The second kappa shape index (κ2) is 7.81. The van der Waals surface area contributed by atoms with Crippen molar-refractivity contribution in [2.24, 2.45) is 0 Å². The van der Waals surface area contributed by atoms with Crippen LogP contribution in [-0.4, -0.2) is 55.2 Å². The minimum Gasteiger partial charge on any atom is -0.341 e. The number of nitrogens with one attached hydrogen (secondary N) is 1. The van der Waals surface area contributed by atoms with E-state index in [0.717, 1.165) is 47.9 Å². The molecule has 4 aromatic rings. The summed E-state index contributed by atoms with van der Waals surface area (Å²) in [6.45, 7) is 2.70. The molecule has 9 heteroatoms. The number of aromatic nitrogens is 4. The maximum absolute atomic E-state index is 13.4. The van der Waals surface area contributed by atoms with E-state index in [4.69, 9.17) is 0 Å². The van der Waals surface area contributed by atoms with Crippen LogP contribution in [0.4, 0.5) is 4.39 Å². The zero-order chi connectivity index (χ0) is 20.7. The highest BCUT2D eigenvalue weighted by atomic mass is 32.1. The maximum Gasteiger partial charge on any atom is 0.274 e. The van der Waals surface area contributed by atoms with E-state index < -0.39 is 0 Å². The number of imidazole rings is 2. The third-order valence-corrected chi connectivity index (χ3v) is 6.30. The lowest BCUT2D eigenvalue weighted by Gasteiger charge is -2.26. The number of fused-ring (bicyclic) bond motifs is 2. The molecule has 7 nitrogen and oxygen atoms in total. The van der Waals surface area contributed by atoms with Crippen LogP contribution in [0.1, 0.15) is 41.3 Å². The Morgan fingerprint density at radius 3 is 2.90 bits per heavy atom. The van der Waals surface area contributed by atoms with Crippen molar-refractivity contribution < 1.29 is 9.18 Å². The molecular weight excluding hydrogens is 403 g/mol. The second-order valence-electron chi connectivity index (χ2n) is 7.83. The van der Waals surface area contributed by atoms with E-state index >= 15 is 0 Å². The van der Waals surface area contributed by atoms with E-state index in [1.165, 1.54) is 29.9 Å². The molecule has 3 aromatic heterocycles. The average molecular weight is 427 g/mol. The molecule has 4 heterocycles. The van der Waals surface area contributed by atoms with Crippen LogP contribution >= 0.6 is 11.3 Å². The first-order chi connectivity index (χ1) is 14.6. The van der Waals surface area contributed by atoms with Gasteiger partial charge < -0.3 is 9.88 Å². The Morgan fingerprint density at radius 2 is 2.07 bits per heavy atom. The van der Waals surface area contributed by atoms with E-state index in [2.05, 4.69) is 19.9 Å². The van der Waals surface area contributed by atoms with Gasteiger partial charge in [0.2, 0.25) is 0 Å². The smallest absolute Gasteiger partial charge is 0.274 e. The number of H-pyrrole nitrogens is 1. The van der Waals surface area contributed by atoms with Gasteiger partial charge in [-0.2, -0.15) is 0 Å². The molecule has 0 spiro atoms. The highest BCUT2D eigenvalue weighted by Gasteiger charge is 2.26. The third-order valence-electron chi connectivity index (χ3n) is 5.54. The number of likely N-dealkylation sites (tertiary alicyclic amines) is 1. The fraction of sp³-hybridized carbons (Fsp3) is 0.381. The molecule has 0 saturated carbocycles. The summed E-state index contributed by atoms with van der Waals surface area (Å²) < 4.78 is 15.5. The van der Waals surface area contributed by atoms with Gasteiger partial charge in [0.1, 0.15) is 11.6 Å². The van der Waals surface area contributed by atoms with E-state index in [1.54, 1.807) is 6.07 Å². The fourth-order valence-electron chi connectivity index (χ4n) is 4.08. The molecule has 0 unspecified atom stereocenters. The summed E-state index contributed by atoms with van der Waals surface area (Å²) in [6.07, 6.45) is 5.25. The summed E-state index contributed by atoms with van der Waals surface area (Å²) >= 11 is 1.53. The molecule has 1 N–H and O–H groups in total. The molecule has 1 fully saturated rings. The van der Waals surface area contributed by atoms with Gasteiger partial charge in [-0.25, -0.2) is 14.4 Å². The molecule has 0 atom stereocenters. The lowest BCUT2D eigenvalue weighted by molar-refractivity contribution is 0.0716. The first-order valence-corrected chi connectivity index (χ1v) is 11.0. The molecule has 1 aromatic carbocycles. The van der Waals surface area contributed by atoms with Gasteiger partial charge >= 0.3 is 0 Å². The van der Waals surface area contributed by atoms with Crippen LogP contribution in [0.25, 0.3) is 16.0 Å². The van der Waals surface area contributed by atoms with Gasteiger partial charge in [0.25, 0.3) is 5.91 Å². The topological polar surface area (TPSA) is 69.5 Å². The fourth-order valence-corrected chi connectivity index (χ4v) is 4.81. The standard InChI is InChI=1S/C21H23FN6OS/c1-26(13-18-23-15-6-5-14(22)11-16(15)24-18)12-17-19(25-21-28(17)9-10-30-21)20(29)27-7-3-2-4-8-27/h5-6,9-11H,2-4,7-8,12-13H2,1H3,(H,23,24). The normalized spacial score (nSPS) is 15.0. The predicted molar refractivity (Wildman–Crippen MR) is 114 cm³/mol. The van der Waals surface area contributed by atoms with Crippen LogP contribution in [0.15, 0.2) is 29.8 Å². The molecule has 1 saturated heterocycles. The molecule has 1 aliphatic rings. The minimum absolute atomic E-state index is 0.0215. The van der Waals surface area contributed by atoms with Gasteiger partial charge in [0.15, 0.2) is 10.7 Å². The van der Waals surface area contributed by atoms with Crippen LogP contribution < -0.4 is 0 Å².